The van der Waals surface area contributed by atoms with Crippen LogP contribution in [0, 0.1) is 0 Å². The van der Waals surface area contributed by atoms with E-state index in [0.717, 1.165) is 10.4 Å². The van der Waals surface area contributed by atoms with Crippen LogP contribution in [0.4, 0.5) is 13.2 Å². The van der Waals surface area contributed by atoms with Crippen LogP contribution in [0.15, 0.2) is 23.1 Å². The van der Waals surface area contributed by atoms with Crippen LogP contribution in [0.3, 0.4) is 0 Å². The zero-order valence-corrected chi connectivity index (χ0v) is 11.5. The van der Waals surface area contributed by atoms with E-state index >= 15 is 0 Å². The Kier molecular flexibility index (Phi) is 3.98. The van der Waals surface area contributed by atoms with Gasteiger partial charge in [-0.2, -0.15) is 17.5 Å². The third-order valence-electron chi connectivity index (χ3n) is 3.18. The van der Waals surface area contributed by atoms with E-state index < -0.39 is 38.2 Å². The van der Waals surface area contributed by atoms with Crippen LogP contribution in [0.2, 0.25) is 0 Å². The molecule has 1 N–H and O–H groups in total. The van der Waals surface area contributed by atoms with Crippen molar-refractivity contribution in [2.75, 3.05) is 13.1 Å². The van der Waals surface area contributed by atoms with E-state index in [2.05, 4.69) is 0 Å². The highest BCUT2D eigenvalue weighted by Gasteiger charge is 2.35. The molecule has 1 aliphatic heterocycles. The molecule has 1 heterocycles. The number of alkyl halides is 3. The fourth-order valence-electron chi connectivity index (χ4n) is 2.11. The highest BCUT2D eigenvalue weighted by Crippen LogP contribution is 2.33. The Morgan fingerprint density at radius 3 is 2.19 bits per heavy atom. The third kappa shape index (κ3) is 3.18. The van der Waals surface area contributed by atoms with Crippen LogP contribution in [-0.2, 0) is 16.2 Å². The first-order valence-corrected chi connectivity index (χ1v) is 7.52. The maximum atomic E-state index is 12.8. The Labute approximate surface area is 119 Å². The summed E-state index contributed by atoms with van der Waals surface area (Å²) in [5.41, 5.74) is -2.00. The van der Waals surface area contributed by atoms with Crippen molar-refractivity contribution < 1.29 is 31.5 Å². The van der Waals surface area contributed by atoms with Crippen LogP contribution in [-0.4, -0.2) is 36.9 Å². The maximum Gasteiger partial charge on any atom is 0.416 e. The molecule has 1 aromatic rings. The van der Waals surface area contributed by atoms with E-state index in [4.69, 9.17) is 5.11 Å². The summed E-state index contributed by atoms with van der Waals surface area (Å²) in [6.07, 6.45) is -3.56. The second kappa shape index (κ2) is 5.30. The molecule has 1 aromatic carbocycles. The van der Waals surface area contributed by atoms with Crippen molar-refractivity contribution >= 4 is 16.0 Å². The molecule has 21 heavy (non-hydrogen) atoms. The summed E-state index contributed by atoms with van der Waals surface area (Å²) >= 11 is 0. The first-order chi connectivity index (χ1) is 9.62. The third-order valence-corrected chi connectivity index (χ3v) is 5.06. The molecule has 0 aliphatic carbocycles. The molecule has 1 fully saturated rings. The van der Waals surface area contributed by atoms with Crippen molar-refractivity contribution in [1.29, 1.82) is 0 Å². The van der Waals surface area contributed by atoms with Crippen molar-refractivity contribution in [3.8, 4) is 0 Å². The summed E-state index contributed by atoms with van der Waals surface area (Å²) in [5, 5.41) is 8.85. The Bertz CT molecular complexity index is 664. The first-order valence-electron chi connectivity index (χ1n) is 6.08. The lowest BCUT2D eigenvalue weighted by molar-refractivity contribution is -0.137. The van der Waals surface area contributed by atoms with Gasteiger partial charge < -0.3 is 5.11 Å². The minimum absolute atomic E-state index is 0.223. The standard InChI is InChI=1S/C12H12F3NO4S/c13-12(14,15)9-5-8(11(17)18)6-10(7-9)21(19,20)16-3-1-2-4-16/h5-7H,1-4H2,(H,17,18). The van der Waals surface area contributed by atoms with Gasteiger partial charge in [-0.25, -0.2) is 13.2 Å². The summed E-state index contributed by atoms with van der Waals surface area (Å²) in [6, 6.07) is 1.65. The van der Waals surface area contributed by atoms with Gasteiger partial charge in [0.15, 0.2) is 0 Å². The van der Waals surface area contributed by atoms with Crippen LogP contribution < -0.4 is 0 Å². The van der Waals surface area contributed by atoms with Crippen molar-refractivity contribution in [2.24, 2.45) is 0 Å². The van der Waals surface area contributed by atoms with Crippen LogP contribution >= 0.6 is 0 Å². The number of carboxylic acids is 1. The highest BCUT2D eigenvalue weighted by atomic mass is 32.2. The van der Waals surface area contributed by atoms with E-state index in [-0.39, 0.29) is 13.1 Å². The molecule has 9 heteroatoms. The minimum atomic E-state index is -4.82. The van der Waals surface area contributed by atoms with Gasteiger partial charge in [0.1, 0.15) is 0 Å². The molecule has 0 saturated carbocycles. The van der Waals surface area contributed by atoms with E-state index in [1.807, 2.05) is 0 Å². The van der Waals surface area contributed by atoms with Gasteiger partial charge in [-0.05, 0) is 31.0 Å². The lowest BCUT2D eigenvalue weighted by Crippen LogP contribution is -2.28. The molecule has 1 saturated heterocycles. The van der Waals surface area contributed by atoms with Crippen molar-refractivity contribution in [2.45, 2.75) is 23.9 Å². The Morgan fingerprint density at radius 1 is 1.14 bits per heavy atom. The van der Waals surface area contributed by atoms with E-state index in [1.54, 1.807) is 0 Å². The largest absolute Gasteiger partial charge is 0.478 e. The SMILES string of the molecule is O=C(O)c1cc(C(F)(F)F)cc(S(=O)(=O)N2CCCC2)c1. The average molecular weight is 323 g/mol. The lowest BCUT2D eigenvalue weighted by atomic mass is 10.1. The molecule has 0 spiro atoms. The molecule has 0 aromatic heterocycles. The molecule has 116 valence electrons. The van der Waals surface area contributed by atoms with E-state index in [9.17, 15) is 26.4 Å². The summed E-state index contributed by atoms with van der Waals surface area (Å²) < 4.78 is 63.9. The van der Waals surface area contributed by atoms with Gasteiger partial charge in [-0.3, -0.25) is 0 Å². The smallest absolute Gasteiger partial charge is 0.416 e. The van der Waals surface area contributed by atoms with Crippen molar-refractivity contribution in [1.82, 2.24) is 4.31 Å². The number of aromatic carboxylic acids is 1. The zero-order valence-electron chi connectivity index (χ0n) is 10.7. The lowest BCUT2D eigenvalue weighted by Gasteiger charge is -2.17. The van der Waals surface area contributed by atoms with Crippen LogP contribution in [0.5, 0.6) is 0 Å². The number of rotatable bonds is 3. The summed E-state index contributed by atoms with van der Waals surface area (Å²) in [6.45, 7) is 0.446. The van der Waals surface area contributed by atoms with Gasteiger partial charge in [-0.15, -0.1) is 0 Å². The maximum absolute atomic E-state index is 12.8. The monoisotopic (exact) mass is 323 g/mol. The molecule has 1 aliphatic rings. The second-order valence-corrected chi connectivity index (χ2v) is 6.60. The molecular weight excluding hydrogens is 311 g/mol. The predicted octanol–water partition coefficient (Wildman–Crippen LogP) is 2.19. The topological polar surface area (TPSA) is 74.7 Å². The molecule has 2 rings (SSSR count). The quantitative estimate of drug-likeness (QED) is 0.925. The highest BCUT2D eigenvalue weighted by molar-refractivity contribution is 7.89. The number of hydrogen-bond acceptors (Lipinski definition) is 3. The van der Waals surface area contributed by atoms with E-state index in [0.29, 0.717) is 25.0 Å². The Morgan fingerprint density at radius 2 is 1.71 bits per heavy atom. The molecule has 0 unspecified atom stereocenters. The molecule has 0 bridgehead atoms. The number of sulfonamides is 1. The van der Waals surface area contributed by atoms with Crippen molar-refractivity contribution in [3.05, 3.63) is 29.3 Å². The second-order valence-electron chi connectivity index (χ2n) is 4.66. The fraction of sp³-hybridized carbons (Fsp3) is 0.417. The zero-order chi connectivity index (χ0) is 15.8. The number of halogens is 3. The summed E-state index contributed by atoms with van der Waals surface area (Å²) in [7, 11) is -4.11. The van der Waals surface area contributed by atoms with Crippen LogP contribution in [0.1, 0.15) is 28.8 Å². The molecule has 0 atom stereocenters. The van der Waals surface area contributed by atoms with Gasteiger partial charge >= 0.3 is 12.1 Å². The number of benzene rings is 1. The summed E-state index contributed by atoms with van der Waals surface area (Å²) in [4.78, 5) is 10.3. The Hall–Kier alpha value is -1.61. The van der Waals surface area contributed by atoms with Gasteiger partial charge in [0.2, 0.25) is 10.0 Å². The van der Waals surface area contributed by atoms with Crippen molar-refractivity contribution in [3.63, 3.8) is 0 Å². The van der Waals surface area contributed by atoms with Gasteiger partial charge in [0.25, 0.3) is 0 Å². The van der Waals surface area contributed by atoms with Gasteiger partial charge in [0.05, 0.1) is 16.0 Å². The van der Waals surface area contributed by atoms with E-state index in [1.165, 1.54) is 0 Å². The molecular formula is C12H12F3NO4S. The average Bonchev–Trinajstić information content (AvgIpc) is 2.91. The summed E-state index contributed by atoms with van der Waals surface area (Å²) in [5.74, 6) is -1.61. The van der Waals surface area contributed by atoms with Crippen LogP contribution in [0.25, 0.3) is 0 Å². The molecule has 0 radical (unpaired) electrons. The predicted molar refractivity (Wildman–Crippen MR) is 66.4 cm³/mol. The number of hydrogen-bond donors (Lipinski definition) is 1. The fourth-order valence-corrected chi connectivity index (χ4v) is 3.70. The molecule has 0 amide bonds. The number of nitrogens with zero attached hydrogens (tertiary/aromatic N) is 1. The minimum Gasteiger partial charge on any atom is -0.478 e. The number of carboxylic acid groups (broad SMARTS) is 1. The first kappa shape index (κ1) is 15.8. The molecule has 5 nitrogen and oxygen atoms in total. The van der Waals surface area contributed by atoms with Gasteiger partial charge in [0, 0.05) is 13.1 Å². The number of carbonyl (C=O) groups is 1. The Balaban J connectivity index is 2.57. The van der Waals surface area contributed by atoms with Gasteiger partial charge in [-0.1, -0.05) is 0 Å². The normalized spacial score (nSPS) is 17.1.